The molecule has 0 saturated carbocycles. The van der Waals surface area contributed by atoms with Gasteiger partial charge in [0.05, 0.1) is 10.4 Å². The standard InChI is InChI=1S/C22H26N6O2/c1-2-26-10-12-27(13-11-26)20-15-19-18(14-21(20)28(29)30)22(25-16-24-19)23-9-8-17-6-4-3-5-7-17/h3-7,14-16H,2,8-13H2,1H3,(H,23,24,25). The van der Waals surface area contributed by atoms with Crippen molar-refractivity contribution in [2.75, 3.05) is 49.5 Å². The molecule has 0 bridgehead atoms. The first-order chi connectivity index (χ1) is 14.7. The molecule has 0 spiro atoms. The summed E-state index contributed by atoms with van der Waals surface area (Å²) in [5.74, 6) is 0.626. The van der Waals surface area contributed by atoms with Gasteiger partial charge in [-0.2, -0.15) is 0 Å². The van der Waals surface area contributed by atoms with Crippen molar-refractivity contribution in [1.29, 1.82) is 0 Å². The van der Waals surface area contributed by atoms with E-state index in [4.69, 9.17) is 0 Å². The lowest BCUT2D eigenvalue weighted by Crippen LogP contribution is -2.46. The highest BCUT2D eigenvalue weighted by Gasteiger charge is 2.25. The van der Waals surface area contributed by atoms with Crippen LogP contribution in [0, 0.1) is 10.1 Å². The Hall–Kier alpha value is -3.26. The number of benzene rings is 2. The van der Waals surface area contributed by atoms with Crippen molar-refractivity contribution in [1.82, 2.24) is 14.9 Å². The number of anilines is 2. The molecule has 1 saturated heterocycles. The largest absolute Gasteiger partial charge is 0.369 e. The number of rotatable bonds is 7. The predicted molar refractivity (Wildman–Crippen MR) is 119 cm³/mol. The molecule has 2 aromatic carbocycles. The Balaban J connectivity index is 1.59. The number of fused-ring (bicyclic) bond motifs is 1. The van der Waals surface area contributed by atoms with Crippen molar-refractivity contribution in [3.8, 4) is 0 Å². The summed E-state index contributed by atoms with van der Waals surface area (Å²) in [5, 5.41) is 15.8. The van der Waals surface area contributed by atoms with Crippen LogP contribution >= 0.6 is 0 Å². The Labute approximate surface area is 175 Å². The fraction of sp³-hybridized carbons (Fsp3) is 0.364. The summed E-state index contributed by atoms with van der Waals surface area (Å²) >= 11 is 0. The van der Waals surface area contributed by atoms with Crippen LogP contribution in [0.3, 0.4) is 0 Å². The van der Waals surface area contributed by atoms with Crippen molar-refractivity contribution < 1.29 is 4.92 Å². The second-order valence-corrected chi connectivity index (χ2v) is 7.42. The van der Waals surface area contributed by atoms with E-state index in [-0.39, 0.29) is 10.6 Å². The number of nitro groups is 1. The highest BCUT2D eigenvalue weighted by molar-refractivity contribution is 5.94. The molecule has 4 rings (SSSR count). The van der Waals surface area contributed by atoms with Gasteiger partial charge < -0.3 is 15.1 Å². The number of piperazine rings is 1. The van der Waals surface area contributed by atoms with E-state index in [1.54, 1.807) is 6.07 Å². The van der Waals surface area contributed by atoms with Crippen molar-refractivity contribution in [3.63, 3.8) is 0 Å². The lowest BCUT2D eigenvalue weighted by molar-refractivity contribution is -0.384. The molecule has 1 aliphatic rings. The average Bonchev–Trinajstić information content (AvgIpc) is 2.79. The number of nitro benzene ring substituents is 1. The molecule has 1 aliphatic heterocycles. The van der Waals surface area contributed by atoms with Gasteiger partial charge in [-0.3, -0.25) is 10.1 Å². The summed E-state index contributed by atoms with van der Waals surface area (Å²) in [6, 6.07) is 13.6. The molecule has 3 aromatic rings. The van der Waals surface area contributed by atoms with Crippen LogP contribution in [0.15, 0.2) is 48.8 Å². The van der Waals surface area contributed by atoms with Crippen molar-refractivity contribution in [2.24, 2.45) is 0 Å². The monoisotopic (exact) mass is 406 g/mol. The maximum atomic E-state index is 11.8. The molecule has 1 fully saturated rings. The molecule has 0 radical (unpaired) electrons. The van der Waals surface area contributed by atoms with Gasteiger partial charge in [0.2, 0.25) is 0 Å². The number of likely N-dealkylation sites (N-methyl/N-ethyl adjacent to an activating group) is 1. The highest BCUT2D eigenvalue weighted by atomic mass is 16.6. The minimum atomic E-state index is -0.304. The molecular formula is C22H26N6O2. The third-order valence-electron chi connectivity index (χ3n) is 5.64. The molecule has 30 heavy (non-hydrogen) atoms. The van der Waals surface area contributed by atoms with Gasteiger partial charge >= 0.3 is 0 Å². The zero-order valence-corrected chi connectivity index (χ0v) is 17.1. The molecule has 1 N–H and O–H groups in total. The van der Waals surface area contributed by atoms with E-state index in [0.717, 1.165) is 39.1 Å². The van der Waals surface area contributed by atoms with E-state index in [1.807, 2.05) is 24.3 Å². The van der Waals surface area contributed by atoms with Gasteiger partial charge in [-0.15, -0.1) is 0 Å². The van der Waals surface area contributed by atoms with E-state index in [0.29, 0.717) is 29.0 Å². The fourth-order valence-electron chi connectivity index (χ4n) is 3.90. The van der Waals surface area contributed by atoms with E-state index in [2.05, 4.69) is 44.1 Å². The molecule has 2 heterocycles. The number of aromatic nitrogens is 2. The predicted octanol–water partition coefficient (Wildman–Crippen LogP) is 3.33. The van der Waals surface area contributed by atoms with Gasteiger partial charge in [0.15, 0.2) is 0 Å². The zero-order chi connectivity index (χ0) is 20.9. The van der Waals surface area contributed by atoms with Crippen LogP contribution in [0.25, 0.3) is 10.9 Å². The Morgan fingerprint density at radius 3 is 2.57 bits per heavy atom. The van der Waals surface area contributed by atoms with Gasteiger partial charge in [0, 0.05) is 44.2 Å². The minimum absolute atomic E-state index is 0.105. The third-order valence-corrected chi connectivity index (χ3v) is 5.64. The minimum Gasteiger partial charge on any atom is -0.369 e. The molecule has 0 atom stereocenters. The van der Waals surface area contributed by atoms with Crippen LogP contribution in [0.4, 0.5) is 17.2 Å². The van der Waals surface area contributed by atoms with Crippen LogP contribution in [-0.2, 0) is 6.42 Å². The first-order valence-electron chi connectivity index (χ1n) is 10.3. The summed E-state index contributed by atoms with van der Waals surface area (Å²) in [6.07, 6.45) is 2.35. The first kappa shape index (κ1) is 20.0. The Morgan fingerprint density at radius 1 is 1.10 bits per heavy atom. The van der Waals surface area contributed by atoms with Crippen LogP contribution in [0.2, 0.25) is 0 Å². The molecule has 156 valence electrons. The maximum Gasteiger partial charge on any atom is 0.293 e. The van der Waals surface area contributed by atoms with Gasteiger partial charge in [0.25, 0.3) is 5.69 Å². The summed E-state index contributed by atoms with van der Waals surface area (Å²) in [6.45, 7) is 7.17. The van der Waals surface area contributed by atoms with Crippen LogP contribution in [-0.4, -0.2) is 59.1 Å². The molecule has 0 amide bonds. The van der Waals surface area contributed by atoms with Crippen molar-refractivity contribution in [2.45, 2.75) is 13.3 Å². The topological polar surface area (TPSA) is 87.4 Å². The maximum absolute atomic E-state index is 11.8. The summed E-state index contributed by atoms with van der Waals surface area (Å²) in [5.41, 5.74) is 2.68. The molecule has 1 aromatic heterocycles. The van der Waals surface area contributed by atoms with E-state index < -0.39 is 0 Å². The Morgan fingerprint density at radius 2 is 1.87 bits per heavy atom. The fourth-order valence-corrected chi connectivity index (χ4v) is 3.90. The molecule has 0 aliphatic carbocycles. The van der Waals surface area contributed by atoms with E-state index >= 15 is 0 Å². The Bertz CT molecular complexity index is 1020. The molecule has 8 nitrogen and oxygen atoms in total. The summed E-state index contributed by atoms with van der Waals surface area (Å²) in [4.78, 5) is 24.7. The second-order valence-electron chi connectivity index (χ2n) is 7.42. The zero-order valence-electron chi connectivity index (χ0n) is 17.1. The smallest absolute Gasteiger partial charge is 0.293 e. The van der Waals surface area contributed by atoms with Gasteiger partial charge in [-0.1, -0.05) is 37.3 Å². The van der Waals surface area contributed by atoms with Gasteiger partial charge in [-0.25, -0.2) is 9.97 Å². The third kappa shape index (κ3) is 4.33. The average molecular weight is 406 g/mol. The Kier molecular flexibility index (Phi) is 6.04. The number of nitrogens with one attached hydrogen (secondary N) is 1. The van der Waals surface area contributed by atoms with Crippen molar-refractivity contribution >= 4 is 28.1 Å². The van der Waals surface area contributed by atoms with E-state index in [1.165, 1.54) is 11.9 Å². The van der Waals surface area contributed by atoms with Crippen LogP contribution in [0.1, 0.15) is 12.5 Å². The first-order valence-corrected chi connectivity index (χ1v) is 10.3. The van der Waals surface area contributed by atoms with Crippen molar-refractivity contribution in [3.05, 3.63) is 64.5 Å². The normalized spacial score (nSPS) is 14.8. The lowest BCUT2D eigenvalue weighted by atomic mass is 10.1. The van der Waals surface area contributed by atoms with Crippen LogP contribution < -0.4 is 10.2 Å². The van der Waals surface area contributed by atoms with Crippen LogP contribution in [0.5, 0.6) is 0 Å². The molecule has 8 heteroatoms. The number of nitrogens with zero attached hydrogens (tertiary/aromatic N) is 5. The van der Waals surface area contributed by atoms with Gasteiger partial charge in [-0.05, 0) is 24.6 Å². The lowest BCUT2D eigenvalue weighted by Gasteiger charge is -2.35. The summed E-state index contributed by atoms with van der Waals surface area (Å²) in [7, 11) is 0. The highest BCUT2D eigenvalue weighted by Crippen LogP contribution is 2.35. The number of hydrogen-bond donors (Lipinski definition) is 1. The molecular weight excluding hydrogens is 380 g/mol. The molecule has 0 unspecified atom stereocenters. The quantitative estimate of drug-likeness (QED) is 0.476. The van der Waals surface area contributed by atoms with Gasteiger partial charge in [0.1, 0.15) is 17.8 Å². The second kappa shape index (κ2) is 9.04. The SMILES string of the molecule is CCN1CCN(c2cc3ncnc(NCCc4ccccc4)c3cc2[N+](=O)[O-])CC1. The number of hydrogen-bond acceptors (Lipinski definition) is 7. The summed E-state index contributed by atoms with van der Waals surface area (Å²) < 4.78 is 0. The van der Waals surface area contributed by atoms with E-state index in [9.17, 15) is 10.1 Å².